The molecular weight excluding hydrogens is 184 g/mol. The molecule has 2 atom stereocenters. The lowest BCUT2D eigenvalue weighted by atomic mass is 9.72. The van der Waals surface area contributed by atoms with E-state index in [1.807, 2.05) is 0 Å². The van der Waals surface area contributed by atoms with Crippen LogP contribution in [-0.4, -0.2) is 10.7 Å². The molecule has 0 saturated heterocycles. The van der Waals surface area contributed by atoms with Gasteiger partial charge in [0.25, 0.3) is 0 Å². The lowest BCUT2D eigenvalue weighted by Gasteiger charge is -2.38. The van der Waals surface area contributed by atoms with Crippen molar-refractivity contribution < 1.29 is 5.11 Å². The third kappa shape index (κ3) is 3.87. The Hall–Kier alpha value is -0.480. The third-order valence-corrected chi connectivity index (χ3v) is 3.77. The van der Waals surface area contributed by atoms with Crippen LogP contribution in [0.15, 0.2) is 0 Å². The van der Waals surface area contributed by atoms with Crippen LogP contribution in [0.5, 0.6) is 0 Å². The summed E-state index contributed by atoms with van der Waals surface area (Å²) >= 11 is 0. The van der Waals surface area contributed by atoms with Crippen molar-refractivity contribution in [3.05, 3.63) is 0 Å². The Bertz CT molecular complexity index is 226. The van der Waals surface area contributed by atoms with E-state index in [4.69, 9.17) is 6.42 Å². The normalized spacial score (nSPS) is 31.5. The van der Waals surface area contributed by atoms with Gasteiger partial charge in [0.1, 0.15) is 0 Å². The van der Waals surface area contributed by atoms with E-state index in [0.717, 1.165) is 32.1 Å². The fourth-order valence-electron chi connectivity index (χ4n) is 2.70. The van der Waals surface area contributed by atoms with E-state index in [9.17, 15) is 5.11 Å². The summed E-state index contributed by atoms with van der Waals surface area (Å²) in [4.78, 5) is 0. The van der Waals surface area contributed by atoms with Gasteiger partial charge in [-0.2, -0.15) is 0 Å². The van der Waals surface area contributed by atoms with Crippen molar-refractivity contribution in [3.8, 4) is 12.3 Å². The Morgan fingerprint density at radius 2 is 2.27 bits per heavy atom. The Labute approximate surface area is 94.3 Å². The maximum absolute atomic E-state index is 10.4. The molecule has 1 rings (SSSR count). The zero-order valence-electron chi connectivity index (χ0n) is 10.1. The second-order valence-corrected chi connectivity index (χ2v) is 5.38. The SMILES string of the molecule is C#CCCCC1(O)CCCC(C(C)C)C1. The third-order valence-electron chi connectivity index (χ3n) is 3.77. The molecule has 2 unspecified atom stereocenters. The predicted molar refractivity (Wildman–Crippen MR) is 64.4 cm³/mol. The van der Waals surface area contributed by atoms with E-state index in [-0.39, 0.29) is 0 Å². The van der Waals surface area contributed by atoms with Gasteiger partial charge in [-0.15, -0.1) is 12.3 Å². The molecule has 0 aliphatic heterocycles. The van der Waals surface area contributed by atoms with Crippen LogP contribution >= 0.6 is 0 Å². The average Bonchev–Trinajstić information content (AvgIpc) is 2.18. The minimum Gasteiger partial charge on any atom is -0.390 e. The highest BCUT2D eigenvalue weighted by Crippen LogP contribution is 2.38. The standard InChI is InChI=1S/C14H24O/c1-4-5-6-9-14(15)10-7-8-13(11-14)12(2)3/h1,12-13,15H,5-11H2,2-3H3. The smallest absolute Gasteiger partial charge is 0.0650 e. The molecule has 1 N–H and O–H groups in total. The molecule has 0 heterocycles. The van der Waals surface area contributed by atoms with Crippen molar-refractivity contribution in [3.63, 3.8) is 0 Å². The summed E-state index contributed by atoms with van der Waals surface area (Å²) in [6, 6.07) is 0. The van der Waals surface area contributed by atoms with Crippen LogP contribution in [0.4, 0.5) is 0 Å². The quantitative estimate of drug-likeness (QED) is 0.555. The number of terminal acetylenes is 1. The lowest BCUT2D eigenvalue weighted by Crippen LogP contribution is -2.36. The molecule has 1 nitrogen and oxygen atoms in total. The minimum absolute atomic E-state index is 0.413. The molecule has 0 amide bonds. The lowest BCUT2D eigenvalue weighted by molar-refractivity contribution is -0.0321. The van der Waals surface area contributed by atoms with Gasteiger partial charge in [0.2, 0.25) is 0 Å². The van der Waals surface area contributed by atoms with Gasteiger partial charge in [0, 0.05) is 6.42 Å². The Morgan fingerprint density at radius 1 is 1.53 bits per heavy atom. The maximum atomic E-state index is 10.4. The molecule has 1 aliphatic rings. The molecule has 0 radical (unpaired) electrons. The van der Waals surface area contributed by atoms with Gasteiger partial charge in [-0.1, -0.05) is 20.3 Å². The summed E-state index contributed by atoms with van der Waals surface area (Å²) in [5, 5.41) is 10.4. The van der Waals surface area contributed by atoms with E-state index in [2.05, 4.69) is 19.8 Å². The second-order valence-electron chi connectivity index (χ2n) is 5.38. The van der Waals surface area contributed by atoms with Gasteiger partial charge in [-0.3, -0.25) is 0 Å². The summed E-state index contributed by atoms with van der Waals surface area (Å²) in [7, 11) is 0. The summed E-state index contributed by atoms with van der Waals surface area (Å²) in [6.45, 7) is 4.52. The first-order chi connectivity index (χ1) is 7.07. The first-order valence-corrected chi connectivity index (χ1v) is 6.23. The molecular formula is C14H24O. The van der Waals surface area contributed by atoms with Crippen molar-refractivity contribution in [1.29, 1.82) is 0 Å². The van der Waals surface area contributed by atoms with E-state index in [1.165, 1.54) is 12.8 Å². The fourth-order valence-corrected chi connectivity index (χ4v) is 2.70. The molecule has 0 spiro atoms. The molecule has 0 bridgehead atoms. The van der Waals surface area contributed by atoms with E-state index in [1.54, 1.807) is 0 Å². The van der Waals surface area contributed by atoms with Gasteiger partial charge in [-0.05, 0) is 43.9 Å². The van der Waals surface area contributed by atoms with E-state index in [0.29, 0.717) is 11.8 Å². The Balaban J connectivity index is 2.42. The van der Waals surface area contributed by atoms with Crippen molar-refractivity contribution >= 4 is 0 Å². The van der Waals surface area contributed by atoms with Crippen LogP contribution in [0.3, 0.4) is 0 Å². The summed E-state index contributed by atoms with van der Waals surface area (Å²) in [6.07, 6.45) is 12.3. The van der Waals surface area contributed by atoms with Gasteiger partial charge in [0.15, 0.2) is 0 Å². The molecule has 0 aromatic carbocycles. The van der Waals surface area contributed by atoms with Crippen LogP contribution in [0.2, 0.25) is 0 Å². The first-order valence-electron chi connectivity index (χ1n) is 6.23. The highest BCUT2D eigenvalue weighted by molar-refractivity contribution is 4.90. The van der Waals surface area contributed by atoms with Gasteiger partial charge in [0.05, 0.1) is 5.60 Å². The molecule has 1 saturated carbocycles. The number of hydrogen-bond acceptors (Lipinski definition) is 1. The molecule has 1 fully saturated rings. The Morgan fingerprint density at radius 3 is 2.87 bits per heavy atom. The summed E-state index contributed by atoms with van der Waals surface area (Å²) in [5.74, 6) is 4.05. The summed E-state index contributed by atoms with van der Waals surface area (Å²) in [5.41, 5.74) is -0.413. The number of rotatable bonds is 4. The molecule has 0 aromatic heterocycles. The molecule has 1 aliphatic carbocycles. The van der Waals surface area contributed by atoms with Crippen LogP contribution in [0.1, 0.15) is 58.8 Å². The predicted octanol–water partition coefficient (Wildman–Crippen LogP) is 3.37. The molecule has 1 heteroatoms. The van der Waals surface area contributed by atoms with Gasteiger partial charge < -0.3 is 5.11 Å². The van der Waals surface area contributed by atoms with Crippen molar-refractivity contribution in [2.24, 2.45) is 11.8 Å². The van der Waals surface area contributed by atoms with Crippen LogP contribution in [-0.2, 0) is 0 Å². The van der Waals surface area contributed by atoms with Gasteiger partial charge in [-0.25, -0.2) is 0 Å². The maximum Gasteiger partial charge on any atom is 0.0650 e. The van der Waals surface area contributed by atoms with Crippen LogP contribution < -0.4 is 0 Å². The van der Waals surface area contributed by atoms with Crippen LogP contribution in [0, 0.1) is 24.2 Å². The Kier molecular flexibility index (Phi) is 4.67. The van der Waals surface area contributed by atoms with Crippen molar-refractivity contribution in [2.45, 2.75) is 64.4 Å². The highest BCUT2D eigenvalue weighted by Gasteiger charge is 2.34. The number of hydrogen-bond donors (Lipinski definition) is 1. The average molecular weight is 208 g/mol. The molecule has 0 aromatic rings. The van der Waals surface area contributed by atoms with Crippen LogP contribution in [0.25, 0.3) is 0 Å². The second kappa shape index (κ2) is 5.56. The largest absolute Gasteiger partial charge is 0.390 e. The number of aliphatic hydroxyl groups is 1. The van der Waals surface area contributed by atoms with Crippen molar-refractivity contribution in [2.75, 3.05) is 0 Å². The zero-order chi connectivity index (χ0) is 11.3. The minimum atomic E-state index is -0.413. The topological polar surface area (TPSA) is 20.2 Å². The number of unbranched alkanes of at least 4 members (excludes halogenated alkanes) is 1. The summed E-state index contributed by atoms with van der Waals surface area (Å²) < 4.78 is 0. The fraction of sp³-hybridized carbons (Fsp3) is 0.857. The van der Waals surface area contributed by atoms with Gasteiger partial charge >= 0.3 is 0 Å². The molecule has 86 valence electrons. The molecule has 15 heavy (non-hydrogen) atoms. The van der Waals surface area contributed by atoms with Crippen molar-refractivity contribution in [1.82, 2.24) is 0 Å². The zero-order valence-corrected chi connectivity index (χ0v) is 10.1. The monoisotopic (exact) mass is 208 g/mol. The van der Waals surface area contributed by atoms with E-state index < -0.39 is 5.60 Å². The highest BCUT2D eigenvalue weighted by atomic mass is 16.3. The van der Waals surface area contributed by atoms with E-state index >= 15 is 0 Å². The first kappa shape index (κ1) is 12.6.